The Morgan fingerprint density at radius 2 is 2.07 bits per heavy atom. The second-order valence-corrected chi connectivity index (χ2v) is 7.53. The van der Waals surface area contributed by atoms with Crippen LogP contribution in [0, 0.1) is 11.8 Å². The Kier molecular flexibility index (Phi) is 3.38. The van der Waals surface area contributed by atoms with Crippen LogP contribution in [0.3, 0.4) is 0 Å². The van der Waals surface area contributed by atoms with Crippen molar-refractivity contribution in [2.75, 3.05) is 19.6 Å². The lowest BCUT2D eigenvalue weighted by Crippen LogP contribution is -2.38. The molecule has 1 aliphatic heterocycles. The zero-order valence-corrected chi connectivity index (χ0v) is 16.4. The van der Waals surface area contributed by atoms with E-state index in [1.807, 2.05) is 37.5 Å². The van der Waals surface area contributed by atoms with E-state index in [4.69, 9.17) is 12.3 Å². The van der Waals surface area contributed by atoms with Crippen molar-refractivity contribution in [3.63, 3.8) is 0 Å². The second-order valence-electron chi connectivity index (χ2n) is 7.53. The highest BCUT2D eigenvalue weighted by Gasteiger charge is 2.25. The van der Waals surface area contributed by atoms with Gasteiger partial charge in [-0.05, 0) is 54.9 Å². The molecule has 5 nitrogen and oxygen atoms in total. The number of carbonyl (C=O) groups excluding carboxylic acids is 1. The zero-order chi connectivity index (χ0) is 28.1. The molecule has 3 heterocycles. The zero-order valence-electron chi connectivity index (χ0n) is 25.4. The molecule has 4 rings (SSSR count). The number of nitrogens with zero attached hydrogens (tertiary/aromatic N) is 4. The van der Waals surface area contributed by atoms with E-state index < -0.39 is 32.0 Å². The quantitative estimate of drug-likeness (QED) is 0.626. The van der Waals surface area contributed by atoms with Crippen LogP contribution < -0.4 is 0 Å². The molecule has 29 heavy (non-hydrogen) atoms. The van der Waals surface area contributed by atoms with Gasteiger partial charge in [-0.3, -0.25) is 14.5 Å². The summed E-state index contributed by atoms with van der Waals surface area (Å²) in [5, 5.41) is 6.08. The van der Waals surface area contributed by atoms with Crippen LogP contribution in [0.5, 0.6) is 0 Å². The summed E-state index contributed by atoms with van der Waals surface area (Å²) in [5.74, 6) is -3.81. The van der Waals surface area contributed by atoms with Gasteiger partial charge in [0, 0.05) is 67.3 Å². The van der Waals surface area contributed by atoms with Crippen molar-refractivity contribution in [3.05, 3.63) is 48.5 Å². The third-order valence-corrected chi connectivity index (χ3v) is 5.39. The number of likely N-dealkylation sites (tertiary alicyclic amines) is 1. The summed E-state index contributed by atoms with van der Waals surface area (Å²) in [5.41, 5.74) is 2.58. The van der Waals surface area contributed by atoms with Crippen molar-refractivity contribution < 1.29 is 17.1 Å². The van der Waals surface area contributed by atoms with Crippen LogP contribution in [-0.2, 0) is 18.3 Å². The molecule has 3 aromatic rings. The van der Waals surface area contributed by atoms with Gasteiger partial charge in [0.05, 0.1) is 6.20 Å². The molecule has 0 N–H and O–H groups in total. The Labute approximate surface area is 185 Å². The number of piperidine rings is 1. The summed E-state index contributed by atoms with van der Waals surface area (Å²) in [6, 6.07) is 7.85. The van der Waals surface area contributed by atoms with Crippen LogP contribution in [0.15, 0.2) is 42.9 Å². The second kappa shape index (κ2) is 8.46. The maximum Gasteiger partial charge on any atom is 0.142 e. The number of pyridine rings is 1. The van der Waals surface area contributed by atoms with E-state index in [2.05, 4.69) is 10.1 Å². The minimum Gasteiger partial charge on any atom is -0.303 e. The van der Waals surface area contributed by atoms with Crippen LogP contribution in [0.4, 0.5) is 0 Å². The standard InChI is InChI=1S/C24H30N4O/c1-17(2)15-28-8-6-18(7-9-28)24(29)12-23-11-21-10-19(4-5-20(21)13-25-23)22-14-26-27(3)16-22/h4-5,10-11,13-14,16-18H,6-9,12,15H2,1-3H3/i1D3,2D3,15D2,17D. The predicted molar refractivity (Wildman–Crippen MR) is 117 cm³/mol. The minimum absolute atomic E-state index is 0.0319. The van der Waals surface area contributed by atoms with E-state index in [9.17, 15) is 4.79 Å². The number of Topliss-reactive ketones (excluding diaryl/α,β-unsaturated/α-hetero) is 1. The molecule has 0 atom stereocenters. The Morgan fingerprint density at radius 3 is 2.79 bits per heavy atom. The van der Waals surface area contributed by atoms with Crippen LogP contribution >= 0.6 is 0 Å². The largest absolute Gasteiger partial charge is 0.303 e. The summed E-state index contributed by atoms with van der Waals surface area (Å²) in [6.07, 6.45) is 5.98. The molecule has 1 saturated heterocycles. The minimum atomic E-state index is -3.38. The Morgan fingerprint density at radius 1 is 1.24 bits per heavy atom. The monoisotopic (exact) mass is 399 g/mol. The van der Waals surface area contributed by atoms with Gasteiger partial charge in [-0.25, -0.2) is 0 Å². The molecule has 0 unspecified atom stereocenters. The third kappa shape index (κ3) is 4.73. The molecule has 0 amide bonds. The normalized spacial score (nSPS) is 22.3. The lowest BCUT2D eigenvalue weighted by molar-refractivity contribution is -0.123. The third-order valence-electron chi connectivity index (χ3n) is 5.39. The molecule has 1 aromatic carbocycles. The van der Waals surface area contributed by atoms with Crippen LogP contribution in [0.1, 0.15) is 44.6 Å². The highest BCUT2D eigenvalue weighted by Crippen LogP contribution is 2.25. The number of hydrogen-bond acceptors (Lipinski definition) is 4. The molecule has 1 fully saturated rings. The number of aryl methyl sites for hydroxylation is 1. The molecular weight excluding hydrogens is 360 g/mol. The molecule has 152 valence electrons. The van der Waals surface area contributed by atoms with E-state index in [0.29, 0.717) is 5.69 Å². The van der Waals surface area contributed by atoms with Crippen molar-refractivity contribution in [1.82, 2.24) is 19.7 Å². The average molecular weight is 400 g/mol. The van der Waals surface area contributed by atoms with E-state index in [-0.39, 0.29) is 38.1 Å². The number of aromatic nitrogens is 3. The molecule has 5 heteroatoms. The number of ketones is 1. The van der Waals surface area contributed by atoms with Gasteiger partial charge in [0.2, 0.25) is 0 Å². The van der Waals surface area contributed by atoms with E-state index in [1.165, 1.54) is 0 Å². The van der Waals surface area contributed by atoms with Gasteiger partial charge in [-0.15, -0.1) is 0 Å². The van der Waals surface area contributed by atoms with Crippen molar-refractivity contribution in [1.29, 1.82) is 0 Å². The molecule has 0 spiro atoms. The number of hydrogen-bond donors (Lipinski definition) is 0. The Balaban J connectivity index is 1.45. The van der Waals surface area contributed by atoms with E-state index in [1.54, 1.807) is 17.1 Å². The van der Waals surface area contributed by atoms with Crippen LogP contribution in [-0.4, -0.2) is 45.0 Å². The fourth-order valence-corrected chi connectivity index (χ4v) is 3.83. The summed E-state index contributed by atoms with van der Waals surface area (Å²) in [7, 11) is 1.85. The smallest absolute Gasteiger partial charge is 0.142 e. The van der Waals surface area contributed by atoms with Gasteiger partial charge < -0.3 is 4.90 Å². The number of benzene rings is 1. The summed E-state index contributed by atoms with van der Waals surface area (Å²) in [4.78, 5) is 18.6. The first-order valence-corrected chi connectivity index (χ1v) is 9.70. The topological polar surface area (TPSA) is 51.0 Å². The van der Waals surface area contributed by atoms with Gasteiger partial charge in [-0.1, -0.05) is 25.8 Å². The lowest BCUT2D eigenvalue weighted by Gasteiger charge is -2.32. The maximum atomic E-state index is 13.1. The lowest BCUT2D eigenvalue weighted by atomic mass is 9.89. The fourth-order valence-electron chi connectivity index (χ4n) is 3.83. The van der Waals surface area contributed by atoms with Crippen LogP contribution in [0.2, 0.25) is 0 Å². The molecule has 0 radical (unpaired) electrons. The Hall–Kier alpha value is -2.53. The first kappa shape index (κ1) is 11.6. The van der Waals surface area contributed by atoms with E-state index in [0.717, 1.165) is 26.8 Å². The molecule has 2 aromatic heterocycles. The van der Waals surface area contributed by atoms with E-state index >= 15 is 0 Å². The van der Waals surface area contributed by atoms with Crippen LogP contribution in [0.25, 0.3) is 21.9 Å². The Bertz CT molecular complexity index is 1310. The van der Waals surface area contributed by atoms with Crippen molar-refractivity contribution >= 4 is 16.6 Å². The summed E-state index contributed by atoms with van der Waals surface area (Å²) in [6.45, 7) is -9.78. The molecule has 0 bridgehead atoms. The SMILES string of the molecule is [2H]C([2H])([2H])C([2H])(C([2H])([2H])[2H])C([2H])([2H])N1CCC(C(=O)Cc2cc3cc(-c4cnn(C)c4)ccc3cn2)CC1. The maximum absolute atomic E-state index is 13.1. The average Bonchev–Trinajstić information content (AvgIpc) is 3.28. The fraction of sp³-hybridized carbons (Fsp3) is 0.458. The highest BCUT2D eigenvalue weighted by atomic mass is 16.1. The number of fused-ring (bicyclic) bond motifs is 1. The predicted octanol–water partition coefficient (Wildman–Crippen LogP) is 4.11. The molecule has 0 saturated carbocycles. The summed E-state index contributed by atoms with van der Waals surface area (Å²) >= 11 is 0. The van der Waals surface area contributed by atoms with Gasteiger partial charge >= 0.3 is 0 Å². The van der Waals surface area contributed by atoms with Gasteiger partial charge in [-0.2, -0.15) is 5.10 Å². The number of carbonyl (C=O) groups is 1. The first-order chi connectivity index (χ1) is 17.5. The molecule has 1 aliphatic rings. The first-order valence-electron chi connectivity index (χ1n) is 14.2. The highest BCUT2D eigenvalue weighted by molar-refractivity contribution is 5.88. The number of rotatable bonds is 6. The van der Waals surface area contributed by atoms with Crippen molar-refractivity contribution in [2.24, 2.45) is 18.9 Å². The van der Waals surface area contributed by atoms with Gasteiger partial charge in [0.1, 0.15) is 5.78 Å². The summed E-state index contributed by atoms with van der Waals surface area (Å²) < 4.78 is 72.5. The van der Waals surface area contributed by atoms with Crippen molar-refractivity contribution in [3.8, 4) is 11.1 Å². The molecular formula is C24H30N4O. The van der Waals surface area contributed by atoms with Gasteiger partial charge in [0.25, 0.3) is 0 Å². The molecule has 0 aliphatic carbocycles. The van der Waals surface area contributed by atoms with Gasteiger partial charge in [0.15, 0.2) is 0 Å². The van der Waals surface area contributed by atoms with Crippen molar-refractivity contribution in [2.45, 2.75) is 33.0 Å².